The molecule has 0 unspecified atom stereocenters. The molecule has 2 N–H and O–H groups in total. The maximum atomic E-state index is 12.8. The van der Waals surface area contributed by atoms with E-state index in [9.17, 15) is 9.59 Å². The van der Waals surface area contributed by atoms with Gasteiger partial charge in [-0.3, -0.25) is 14.9 Å². The SMILES string of the molecule is COc1ccc(/C=C/C(=O)NC(=S)N(C)c2ccccc2C(=O)NCc2ccccc2)cc1. The number of carbonyl (C=O) groups excluding carboxylic acids is 2. The van der Waals surface area contributed by atoms with Crippen molar-refractivity contribution in [3.8, 4) is 5.75 Å². The molecular weight excluding hydrogens is 434 g/mol. The van der Waals surface area contributed by atoms with E-state index >= 15 is 0 Å². The van der Waals surface area contributed by atoms with Crippen LogP contribution >= 0.6 is 12.2 Å². The normalized spacial score (nSPS) is 10.5. The Kier molecular flexibility index (Phi) is 8.32. The van der Waals surface area contributed by atoms with Crippen molar-refractivity contribution in [1.82, 2.24) is 10.6 Å². The van der Waals surface area contributed by atoms with E-state index in [1.807, 2.05) is 60.7 Å². The number of methoxy groups -OCH3 is 1. The van der Waals surface area contributed by atoms with E-state index < -0.39 is 0 Å². The second-order valence-electron chi connectivity index (χ2n) is 7.15. The molecule has 2 amide bonds. The van der Waals surface area contributed by atoms with Crippen LogP contribution in [-0.2, 0) is 11.3 Å². The van der Waals surface area contributed by atoms with Gasteiger partial charge in [-0.15, -0.1) is 0 Å². The Morgan fingerprint density at radius 1 is 0.970 bits per heavy atom. The third kappa shape index (κ3) is 6.75. The number of nitrogens with zero attached hydrogens (tertiary/aromatic N) is 1. The lowest BCUT2D eigenvalue weighted by Gasteiger charge is -2.22. The van der Waals surface area contributed by atoms with E-state index in [1.54, 1.807) is 43.3 Å². The molecule has 0 bridgehead atoms. The summed E-state index contributed by atoms with van der Waals surface area (Å²) in [6.45, 7) is 0.412. The molecule has 0 aliphatic heterocycles. The standard InChI is InChI=1S/C26H25N3O3S/c1-29(26(33)28-24(30)17-14-19-12-15-21(32-2)16-13-19)23-11-7-6-10-22(23)25(31)27-18-20-8-4-3-5-9-20/h3-17H,18H2,1-2H3,(H,27,31)(H,28,30,33)/b17-14+. The van der Waals surface area contributed by atoms with Crippen LogP contribution in [0.15, 0.2) is 84.9 Å². The summed E-state index contributed by atoms with van der Waals surface area (Å²) in [5.41, 5.74) is 2.91. The van der Waals surface area contributed by atoms with Gasteiger partial charge in [0.05, 0.1) is 18.4 Å². The Labute approximate surface area is 198 Å². The van der Waals surface area contributed by atoms with Gasteiger partial charge in [0.1, 0.15) is 5.75 Å². The van der Waals surface area contributed by atoms with Crippen molar-refractivity contribution >= 4 is 40.9 Å². The van der Waals surface area contributed by atoms with Crippen molar-refractivity contribution in [3.63, 3.8) is 0 Å². The summed E-state index contributed by atoms with van der Waals surface area (Å²) < 4.78 is 5.13. The number of carbonyl (C=O) groups is 2. The average molecular weight is 460 g/mol. The first-order chi connectivity index (χ1) is 16.0. The van der Waals surface area contributed by atoms with Crippen LogP contribution in [-0.4, -0.2) is 31.1 Å². The molecule has 0 heterocycles. The van der Waals surface area contributed by atoms with Crippen LogP contribution < -0.4 is 20.3 Å². The Hall–Kier alpha value is -3.97. The van der Waals surface area contributed by atoms with Crippen molar-refractivity contribution in [1.29, 1.82) is 0 Å². The van der Waals surface area contributed by atoms with Crippen LogP contribution in [0.1, 0.15) is 21.5 Å². The zero-order chi connectivity index (χ0) is 23.6. The van der Waals surface area contributed by atoms with Crippen LogP contribution in [0.4, 0.5) is 5.69 Å². The summed E-state index contributed by atoms with van der Waals surface area (Å²) in [6, 6.07) is 24.1. The van der Waals surface area contributed by atoms with Gasteiger partial charge in [0.2, 0.25) is 5.91 Å². The molecule has 6 nitrogen and oxygen atoms in total. The monoisotopic (exact) mass is 459 g/mol. The number of amides is 2. The van der Waals surface area contributed by atoms with Gasteiger partial charge in [0.25, 0.3) is 5.91 Å². The molecule has 3 aromatic rings. The summed E-state index contributed by atoms with van der Waals surface area (Å²) in [5.74, 6) is 0.148. The molecule has 0 fully saturated rings. The highest BCUT2D eigenvalue weighted by atomic mass is 32.1. The van der Waals surface area contributed by atoms with E-state index in [0.717, 1.165) is 16.9 Å². The molecule has 3 aromatic carbocycles. The number of thiocarbonyl (C=S) groups is 1. The molecule has 0 radical (unpaired) electrons. The summed E-state index contributed by atoms with van der Waals surface area (Å²) >= 11 is 5.40. The predicted octanol–water partition coefficient (Wildman–Crippen LogP) is 4.18. The van der Waals surface area contributed by atoms with Crippen molar-refractivity contribution in [3.05, 3.63) is 102 Å². The number of nitrogens with one attached hydrogen (secondary N) is 2. The molecule has 0 saturated carbocycles. The first-order valence-electron chi connectivity index (χ1n) is 10.3. The van der Waals surface area contributed by atoms with Crippen molar-refractivity contribution in [2.75, 3.05) is 19.1 Å². The Bertz CT molecular complexity index is 1140. The van der Waals surface area contributed by atoms with Gasteiger partial charge in [-0.25, -0.2) is 0 Å². The number of hydrogen-bond acceptors (Lipinski definition) is 4. The minimum Gasteiger partial charge on any atom is -0.497 e. The van der Waals surface area contributed by atoms with Crippen LogP contribution in [0.2, 0.25) is 0 Å². The lowest BCUT2D eigenvalue weighted by atomic mass is 10.1. The summed E-state index contributed by atoms with van der Waals surface area (Å²) in [7, 11) is 3.31. The minimum absolute atomic E-state index is 0.183. The van der Waals surface area contributed by atoms with Crippen LogP contribution in [0.5, 0.6) is 5.75 Å². The summed E-state index contributed by atoms with van der Waals surface area (Å²) in [5, 5.41) is 5.77. The van der Waals surface area contributed by atoms with Gasteiger partial charge >= 0.3 is 0 Å². The van der Waals surface area contributed by atoms with Crippen LogP contribution in [0.3, 0.4) is 0 Å². The molecule has 0 atom stereocenters. The lowest BCUT2D eigenvalue weighted by Crippen LogP contribution is -2.40. The zero-order valence-corrected chi connectivity index (χ0v) is 19.3. The fraction of sp³-hybridized carbons (Fsp3) is 0.115. The van der Waals surface area contributed by atoms with Gasteiger partial charge in [0, 0.05) is 19.7 Å². The number of hydrogen-bond donors (Lipinski definition) is 2. The molecular formula is C26H25N3O3S. The van der Waals surface area contributed by atoms with Crippen LogP contribution in [0.25, 0.3) is 6.08 Å². The van der Waals surface area contributed by atoms with Gasteiger partial charge in [-0.1, -0.05) is 54.6 Å². The third-order valence-corrected chi connectivity index (χ3v) is 5.26. The Morgan fingerprint density at radius 3 is 2.33 bits per heavy atom. The molecule has 0 aliphatic carbocycles. The number of para-hydroxylation sites is 1. The fourth-order valence-corrected chi connectivity index (χ4v) is 3.26. The quantitative estimate of drug-likeness (QED) is 0.410. The molecule has 0 aliphatic rings. The first kappa shape index (κ1) is 23.7. The van der Waals surface area contributed by atoms with E-state index in [4.69, 9.17) is 17.0 Å². The van der Waals surface area contributed by atoms with Gasteiger partial charge in [-0.05, 0) is 53.7 Å². The molecule has 0 aromatic heterocycles. The highest BCUT2D eigenvalue weighted by Gasteiger charge is 2.17. The number of anilines is 1. The molecule has 0 saturated heterocycles. The molecule has 0 spiro atoms. The van der Waals surface area contributed by atoms with Gasteiger partial charge in [0.15, 0.2) is 5.11 Å². The Balaban J connectivity index is 1.63. The number of rotatable bonds is 7. The van der Waals surface area contributed by atoms with Crippen molar-refractivity contribution in [2.24, 2.45) is 0 Å². The topological polar surface area (TPSA) is 70.7 Å². The second-order valence-corrected chi connectivity index (χ2v) is 7.53. The van der Waals surface area contributed by atoms with Gasteiger partial charge in [-0.2, -0.15) is 0 Å². The maximum Gasteiger partial charge on any atom is 0.253 e. The van der Waals surface area contributed by atoms with E-state index in [1.165, 1.54) is 6.08 Å². The lowest BCUT2D eigenvalue weighted by molar-refractivity contribution is -0.115. The predicted molar refractivity (Wildman–Crippen MR) is 135 cm³/mol. The first-order valence-corrected chi connectivity index (χ1v) is 10.7. The molecule has 33 heavy (non-hydrogen) atoms. The van der Waals surface area contributed by atoms with E-state index in [0.29, 0.717) is 17.8 Å². The number of ether oxygens (including phenoxy) is 1. The van der Waals surface area contributed by atoms with Crippen LogP contribution in [0, 0.1) is 0 Å². The smallest absolute Gasteiger partial charge is 0.253 e. The summed E-state index contributed by atoms with van der Waals surface area (Å²) in [6.07, 6.45) is 3.09. The molecule has 168 valence electrons. The minimum atomic E-state index is -0.367. The van der Waals surface area contributed by atoms with E-state index in [-0.39, 0.29) is 16.9 Å². The largest absolute Gasteiger partial charge is 0.497 e. The highest BCUT2D eigenvalue weighted by molar-refractivity contribution is 7.80. The van der Waals surface area contributed by atoms with E-state index in [2.05, 4.69) is 10.6 Å². The Morgan fingerprint density at radius 2 is 1.64 bits per heavy atom. The van der Waals surface area contributed by atoms with Gasteiger partial charge < -0.3 is 15.0 Å². The highest BCUT2D eigenvalue weighted by Crippen LogP contribution is 2.19. The summed E-state index contributed by atoms with van der Waals surface area (Å²) in [4.78, 5) is 26.8. The van der Waals surface area contributed by atoms with Crippen molar-refractivity contribution in [2.45, 2.75) is 6.54 Å². The molecule has 7 heteroatoms. The second kappa shape index (κ2) is 11.6. The molecule has 3 rings (SSSR count). The fourth-order valence-electron chi connectivity index (χ4n) is 3.06. The van der Waals surface area contributed by atoms with Crippen molar-refractivity contribution < 1.29 is 14.3 Å². The maximum absolute atomic E-state index is 12.8. The average Bonchev–Trinajstić information content (AvgIpc) is 2.86. The third-order valence-electron chi connectivity index (χ3n) is 4.88. The number of benzene rings is 3. The zero-order valence-electron chi connectivity index (χ0n) is 18.4.